The molecule has 1 aromatic carbocycles. The monoisotopic (exact) mass is 340 g/mol. The number of phenols is 1. The Morgan fingerprint density at radius 2 is 2.12 bits per heavy atom. The zero-order valence-electron chi connectivity index (χ0n) is 13.4. The van der Waals surface area contributed by atoms with E-state index in [1.54, 1.807) is 24.5 Å². The maximum atomic E-state index is 11.7. The van der Waals surface area contributed by atoms with Crippen molar-refractivity contribution in [2.45, 2.75) is 13.3 Å². The van der Waals surface area contributed by atoms with Crippen LogP contribution in [0.2, 0.25) is 0 Å². The summed E-state index contributed by atoms with van der Waals surface area (Å²) in [4.78, 5) is 15.8. The fourth-order valence-electron chi connectivity index (χ4n) is 2.17. The van der Waals surface area contributed by atoms with E-state index in [0.717, 1.165) is 6.42 Å². The maximum Gasteiger partial charge on any atom is 0.412 e. The van der Waals surface area contributed by atoms with Crippen LogP contribution in [0.5, 0.6) is 11.5 Å². The number of amides is 1. The smallest absolute Gasteiger partial charge is 0.412 e. The average molecular weight is 340 g/mol. The van der Waals surface area contributed by atoms with Gasteiger partial charge in [0.15, 0.2) is 0 Å². The number of aromatic hydroxyl groups is 1. The van der Waals surface area contributed by atoms with E-state index < -0.39 is 6.09 Å². The fraction of sp³-hybridized carbons (Fsp3) is 0.188. The molecule has 0 spiro atoms. The van der Waals surface area contributed by atoms with Crippen molar-refractivity contribution < 1.29 is 14.6 Å². The molecule has 3 N–H and O–H groups in total. The molecule has 0 aliphatic heterocycles. The van der Waals surface area contributed by atoms with E-state index >= 15 is 0 Å². The van der Waals surface area contributed by atoms with Crippen LogP contribution in [0.4, 0.5) is 4.79 Å². The summed E-state index contributed by atoms with van der Waals surface area (Å²) in [6.07, 6.45) is 3.44. The van der Waals surface area contributed by atoms with Gasteiger partial charge >= 0.3 is 6.09 Å². The van der Waals surface area contributed by atoms with Gasteiger partial charge in [-0.05, 0) is 35.9 Å². The number of ether oxygens (including phenoxy) is 1. The van der Waals surface area contributed by atoms with Crippen LogP contribution in [0.15, 0.2) is 36.7 Å². The van der Waals surface area contributed by atoms with Gasteiger partial charge in [-0.1, -0.05) is 6.92 Å². The van der Waals surface area contributed by atoms with Crippen molar-refractivity contribution in [1.29, 1.82) is 0 Å². The Morgan fingerprint density at radius 1 is 1.28 bits per heavy atom. The minimum Gasteiger partial charge on any atom is -0.507 e. The summed E-state index contributed by atoms with van der Waals surface area (Å²) in [5.41, 5.74) is 1.73. The molecular formula is C16H16N6O3. The molecule has 0 bridgehead atoms. The van der Waals surface area contributed by atoms with Crippen molar-refractivity contribution in [3.8, 4) is 34.0 Å². The predicted molar refractivity (Wildman–Crippen MR) is 88.8 cm³/mol. The number of carbonyl (C=O) groups is 1. The van der Waals surface area contributed by atoms with Gasteiger partial charge in [-0.15, -0.1) is 10.2 Å². The van der Waals surface area contributed by atoms with Crippen LogP contribution in [0.1, 0.15) is 13.3 Å². The zero-order valence-corrected chi connectivity index (χ0v) is 13.4. The summed E-state index contributed by atoms with van der Waals surface area (Å²) in [7, 11) is 0. The second kappa shape index (κ2) is 7.39. The Balaban J connectivity index is 1.88. The number of nitrogens with zero attached hydrogens (tertiary/aromatic N) is 4. The first-order chi connectivity index (χ1) is 12.2. The summed E-state index contributed by atoms with van der Waals surface area (Å²) in [6, 6.07) is 6.30. The van der Waals surface area contributed by atoms with Crippen molar-refractivity contribution in [3.63, 3.8) is 0 Å². The van der Waals surface area contributed by atoms with Crippen LogP contribution in [-0.2, 0) is 0 Å². The van der Waals surface area contributed by atoms with Crippen LogP contribution < -0.4 is 10.1 Å². The number of phenolic OH excluding ortho intramolecular Hbond substituents is 1. The van der Waals surface area contributed by atoms with Gasteiger partial charge in [0.25, 0.3) is 0 Å². The number of rotatable bonds is 5. The van der Waals surface area contributed by atoms with Gasteiger partial charge in [0.05, 0.1) is 0 Å². The van der Waals surface area contributed by atoms with Crippen LogP contribution in [-0.4, -0.2) is 43.4 Å². The third kappa shape index (κ3) is 3.89. The predicted octanol–water partition coefficient (Wildman–Crippen LogP) is 2.13. The highest BCUT2D eigenvalue weighted by molar-refractivity contribution is 5.76. The minimum atomic E-state index is -0.544. The van der Waals surface area contributed by atoms with Gasteiger partial charge in [0.1, 0.15) is 11.5 Å². The Bertz CT molecular complexity index is 866. The summed E-state index contributed by atoms with van der Waals surface area (Å²) in [6.45, 7) is 2.48. The van der Waals surface area contributed by atoms with Crippen molar-refractivity contribution >= 4 is 6.09 Å². The summed E-state index contributed by atoms with van der Waals surface area (Å²) in [5, 5.41) is 26.5. The van der Waals surface area contributed by atoms with Crippen molar-refractivity contribution in [2.75, 3.05) is 6.54 Å². The molecule has 0 atom stereocenters. The van der Waals surface area contributed by atoms with Crippen LogP contribution in [0.25, 0.3) is 22.5 Å². The highest BCUT2D eigenvalue weighted by Gasteiger charge is 2.12. The SMILES string of the molecule is CCCNC(=O)Oc1ccc(O)c(-c2cncc(-c3nn[nH]n3)c2)c1. The van der Waals surface area contributed by atoms with Crippen molar-refractivity contribution in [1.82, 2.24) is 30.9 Å². The molecule has 0 saturated heterocycles. The third-order valence-electron chi connectivity index (χ3n) is 3.35. The number of pyridine rings is 1. The molecule has 9 nitrogen and oxygen atoms in total. The van der Waals surface area contributed by atoms with Gasteiger partial charge in [0, 0.05) is 35.6 Å². The lowest BCUT2D eigenvalue weighted by Crippen LogP contribution is -2.27. The van der Waals surface area contributed by atoms with Gasteiger partial charge in [-0.2, -0.15) is 5.21 Å². The van der Waals surface area contributed by atoms with E-state index in [-0.39, 0.29) is 5.75 Å². The minimum absolute atomic E-state index is 0.0355. The Morgan fingerprint density at radius 3 is 2.88 bits per heavy atom. The quantitative estimate of drug-likeness (QED) is 0.649. The number of aromatic amines is 1. The molecule has 2 heterocycles. The van der Waals surface area contributed by atoms with Crippen molar-refractivity contribution in [3.05, 3.63) is 36.7 Å². The van der Waals surface area contributed by atoms with Gasteiger partial charge in [0.2, 0.25) is 5.82 Å². The number of hydrogen-bond acceptors (Lipinski definition) is 7. The van der Waals surface area contributed by atoms with E-state index in [0.29, 0.717) is 34.8 Å². The average Bonchev–Trinajstić information content (AvgIpc) is 3.16. The summed E-state index contributed by atoms with van der Waals surface area (Å²) >= 11 is 0. The number of carbonyl (C=O) groups excluding carboxylic acids is 1. The van der Waals surface area contributed by atoms with E-state index in [4.69, 9.17) is 4.74 Å². The van der Waals surface area contributed by atoms with E-state index in [1.807, 2.05) is 6.92 Å². The standard InChI is InChI=1S/C16H16N6O3/c1-2-5-18-16(24)25-12-3-4-14(23)13(7-12)10-6-11(9-17-8-10)15-19-21-22-20-15/h3-4,6-9,23H,2,5H2,1H3,(H,18,24)(H,19,20,21,22). The van der Waals surface area contributed by atoms with Crippen LogP contribution in [0, 0.1) is 0 Å². The third-order valence-corrected chi connectivity index (χ3v) is 3.35. The van der Waals surface area contributed by atoms with E-state index in [1.165, 1.54) is 12.1 Å². The first-order valence-electron chi connectivity index (χ1n) is 7.65. The lowest BCUT2D eigenvalue weighted by atomic mass is 10.0. The molecule has 0 saturated carbocycles. The molecular weight excluding hydrogens is 324 g/mol. The Hall–Kier alpha value is -3.49. The normalized spacial score (nSPS) is 10.4. The first-order valence-corrected chi connectivity index (χ1v) is 7.65. The molecule has 9 heteroatoms. The highest BCUT2D eigenvalue weighted by Crippen LogP contribution is 2.33. The topological polar surface area (TPSA) is 126 Å². The number of hydrogen-bond donors (Lipinski definition) is 3. The van der Waals surface area contributed by atoms with Crippen LogP contribution in [0.3, 0.4) is 0 Å². The summed E-state index contributed by atoms with van der Waals surface area (Å²) in [5.74, 6) is 0.736. The molecule has 3 aromatic rings. The van der Waals surface area contributed by atoms with Crippen molar-refractivity contribution in [2.24, 2.45) is 0 Å². The highest BCUT2D eigenvalue weighted by atomic mass is 16.6. The van der Waals surface area contributed by atoms with Crippen LogP contribution >= 0.6 is 0 Å². The molecule has 0 fully saturated rings. The van der Waals surface area contributed by atoms with E-state index in [2.05, 4.69) is 30.9 Å². The second-order valence-electron chi connectivity index (χ2n) is 5.19. The number of tetrazole rings is 1. The lowest BCUT2D eigenvalue weighted by molar-refractivity contribution is 0.200. The second-order valence-corrected chi connectivity index (χ2v) is 5.19. The molecule has 0 unspecified atom stereocenters. The Kier molecular flexibility index (Phi) is 4.84. The number of benzene rings is 1. The van der Waals surface area contributed by atoms with E-state index in [9.17, 15) is 9.90 Å². The van der Waals surface area contributed by atoms with Gasteiger partial charge in [-0.25, -0.2) is 4.79 Å². The fourth-order valence-corrected chi connectivity index (χ4v) is 2.17. The van der Waals surface area contributed by atoms with Gasteiger partial charge in [-0.3, -0.25) is 4.98 Å². The van der Waals surface area contributed by atoms with Gasteiger partial charge < -0.3 is 15.2 Å². The molecule has 3 rings (SSSR count). The molecule has 128 valence electrons. The number of H-pyrrole nitrogens is 1. The molecule has 1 amide bonds. The number of aromatic nitrogens is 5. The molecule has 0 radical (unpaired) electrons. The molecule has 0 aliphatic carbocycles. The molecule has 2 aromatic heterocycles. The zero-order chi connectivity index (χ0) is 17.6. The largest absolute Gasteiger partial charge is 0.507 e. The maximum absolute atomic E-state index is 11.7. The summed E-state index contributed by atoms with van der Waals surface area (Å²) < 4.78 is 5.21. The Labute approximate surface area is 143 Å². The lowest BCUT2D eigenvalue weighted by Gasteiger charge is -2.09. The molecule has 25 heavy (non-hydrogen) atoms. The molecule has 0 aliphatic rings. The number of nitrogens with one attached hydrogen (secondary N) is 2. The first kappa shape index (κ1) is 16.4.